The summed E-state index contributed by atoms with van der Waals surface area (Å²) in [7, 11) is 0. The summed E-state index contributed by atoms with van der Waals surface area (Å²) >= 11 is 0. The summed E-state index contributed by atoms with van der Waals surface area (Å²) < 4.78 is 2.17. The number of pyridine rings is 2. The molecule has 0 aliphatic carbocycles. The van der Waals surface area contributed by atoms with Gasteiger partial charge in [0.25, 0.3) is 0 Å². The van der Waals surface area contributed by atoms with Gasteiger partial charge in [0.2, 0.25) is 0 Å². The molecular weight excluding hydrogens is 758 g/mol. The van der Waals surface area contributed by atoms with Gasteiger partial charge in [-0.25, -0.2) is 4.98 Å². The average Bonchev–Trinajstić information content (AvgIpc) is 3.43. The number of aromatic nitrogens is 3. The van der Waals surface area contributed by atoms with Gasteiger partial charge in [-0.15, -0.1) is 29.8 Å². The molecule has 0 saturated carbocycles. The van der Waals surface area contributed by atoms with Gasteiger partial charge < -0.3 is 9.67 Å². The Morgan fingerprint density at radius 2 is 1.34 bits per heavy atom. The molecule has 0 aliphatic rings. The van der Waals surface area contributed by atoms with Crippen LogP contribution < -0.4 is 0 Å². The number of fused-ring (bicyclic) bond motifs is 3. The zero-order valence-corrected chi connectivity index (χ0v) is 28.2. The molecule has 0 amide bonds. The molecule has 8 aromatic rings. The van der Waals surface area contributed by atoms with Gasteiger partial charge in [0, 0.05) is 43.6 Å². The van der Waals surface area contributed by atoms with Crippen molar-refractivity contribution < 1.29 is 26.2 Å². The Kier molecular flexibility index (Phi) is 8.05. The molecule has 1 N–H and O–H groups in total. The number of para-hydroxylation sites is 1. The summed E-state index contributed by atoms with van der Waals surface area (Å²) in [6.45, 7) is 4.27. The molecule has 5 heteroatoms. The number of rotatable bonds is 5. The Balaban J connectivity index is 0.00000351. The van der Waals surface area contributed by atoms with E-state index in [-0.39, 0.29) is 26.8 Å². The van der Waals surface area contributed by atoms with Crippen LogP contribution in [0.4, 0.5) is 0 Å². The van der Waals surface area contributed by atoms with E-state index in [1.807, 2.05) is 54.7 Å². The second kappa shape index (κ2) is 12.5. The monoisotopic (exact) mass is 787 g/mol. The normalized spacial score (nSPS) is 11.1. The van der Waals surface area contributed by atoms with Crippen LogP contribution in [0.3, 0.4) is 0 Å². The van der Waals surface area contributed by atoms with Gasteiger partial charge in [0.1, 0.15) is 11.4 Å². The van der Waals surface area contributed by atoms with Gasteiger partial charge in [-0.1, -0.05) is 78.9 Å². The fourth-order valence-corrected chi connectivity index (χ4v) is 6.55. The molecule has 0 aliphatic heterocycles. The second-order valence-electron chi connectivity index (χ2n) is 11.7. The van der Waals surface area contributed by atoms with E-state index in [0.717, 1.165) is 61.1 Å². The maximum atomic E-state index is 11.2. The van der Waals surface area contributed by atoms with E-state index in [1.54, 1.807) is 6.07 Å². The van der Waals surface area contributed by atoms with E-state index in [9.17, 15) is 5.11 Å². The molecule has 0 saturated heterocycles. The second-order valence-corrected chi connectivity index (χ2v) is 11.7. The number of hydrogen-bond donors (Lipinski definition) is 1. The maximum absolute atomic E-state index is 11.2. The molecule has 0 bridgehead atoms. The third-order valence-corrected chi connectivity index (χ3v) is 8.70. The zero-order valence-electron chi connectivity index (χ0n) is 25.9. The van der Waals surface area contributed by atoms with Crippen molar-refractivity contribution in [2.45, 2.75) is 13.8 Å². The fourth-order valence-electron chi connectivity index (χ4n) is 6.55. The Morgan fingerprint density at radius 1 is 0.617 bits per heavy atom. The Morgan fingerprint density at radius 3 is 2.17 bits per heavy atom. The third kappa shape index (κ3) is 5.45. The first-order valence-electron chi connectivity index (χ1n) is 15.4. The van der Waals surface area contributed by atoms with Crippen LogP contribution in [0.15, 0.2) is 140 Å². The molecule has 0 atom stereocenters. The quantitative estimate of drug-likeness (QED) is 0.177. The molecule has 3 heterocycles. The molecule has 8 rings (SSSR count). The van der Waals surface area contributed by atoms with Gasteiger partial charge in [0.05, 0.1) is 11.2 Å². The first kappa shape index (κ1) is 30.3. The molecular formula is C42H30N3OPt-. The van der Waals surface area contributed by atoms with Crippen molar-refractivity contribution >= 4 is 21.9 Å². The van der Waals surface area contributed by atoms with Crippen LogP contribution in [-0.4, -0.2) is 19.6 Å². The SMILES string of the molecule is Cc1cccc(C)c1-c1cc(-c2[c-]c(-n3c4ccccc4c4cccnc43)ccc2)nc(-c2cc(-c3ccccc3)ccc2O)c1.[Pt]. The van der Waals surface area contributed by atoms with E-state index in [1.165, 1.54) is 11.1 Å². The summed E-state index contributed by atoms with van der Waals surface area (Å²) in [4.78, 5) is 9.95. The Hall–Kier alpha value is -5.31. The number of nitrogens with zero attached hydrogens (tertiary/aromatic N) is 3. The van der Waals surface area contributed by atoms with Crippen LogP contribution in [0.1, 0.15) is 11.1 Å². The smallest absolute Gasteiger partial charge is 0.144 e. The van der Waals surface area contributed by atoms with Gasteiger partial charge in [-0.2, -0.15) is 0 Å². The summed E-state index contributed by atoms with van der Waals surface area (Å²) in [6, 6.07) is 48.8. The summed E-state index contributed by atoms with van der Waals surface area (Å²) in [5.41, 5.74) is 12.5. The van der Waals surface area contributed by atoms with Crippen molar-refractivity contribution in [1.29, 1.82) is 0 Å². The first-order valence-corrected chi connectivity index (χ1v) is 15.4. The predicted octanol–water partition coefficient (Wildman–Crippen LogP) is 10.4. The fraction of sp³-hybridized carbons (Fsp3) is 0.0476. The molecule has 230 valence electrons. The predicted molar refractivity (Wildman–Crippen MR) is 188 cm³/mol. The van der Waals surface area contributed by atoms with Crippen LogP contribution in [0.2, 0.25) is 0 Å². The number of phenols is 1. The van der Waals surface area contributed by atoms with Gasteiger partial charge in [-0.05, 0) is 95.0 Å². The topological polar surface area (TPSA) is 50.9 Å². The molecule has 47 heavy (non-hydrogen) atoms. The van der Waals surface area contributed by atoms with Crippen molar-refractivity contribution in [3.05, 3.63) is 157 Å². The summed E-state index contributed by atoms with van der Waals surface area (Å²) in [5.74, 6) is 0.186. The number of aryl methyl sites for hydroxylation is 2. The van der Waals surface area contributed by atoms with Crippen LogP contribution in [-0.2, 0) is 21.1 Å². The van der Waals surface area contributed by atoms with E-state index in [4.69, 9.17) is 9.97 Å². The molecule has 0 spiro atoms. The largest absolute Gasteiger partial charge is 0.507 e. The van der Waals surface area contributed by atoms with E-state index in [2.05, 4.69) is 103 Å². The van der Waals surface area contributed by atoms with Crippen molar-refractivity contribution in [3.63, 3.8) is 0 Å². The summed E-state index contributed by atoms with van der Waals surface area (Å²) in [5, 5.41) is 13.4. The standard InChI is InChI=1S/C42H30N3O.Pt/c1-27-11-8-12-28(2)41(27)32-25-37(44-38(26-32)36-24-30(20-21-40(36)46)29-13-4-3-5-14-29)31-15-9-16-33(23-31)45-39-19-7-6-17-34(39)35-18-10-22-43-42(35)45;/h3-22,24-26,46H,1-2H3;/q-1;. The average molecular weight is 788 g/mol. The van der Waals surface area contributed by atoms with Crippen LogP contribution in [0.25, 0.3) is 72.4 Å². The van der Waals surface area contributed by atoms with Crippen molar-refractivity contribution in [3.8, 4) is 56.2 Å². The van der Waals surface area contributed by atoms with Crippen LogP contribution >= 0.6 is 0 Å². The van der Waals surface area contributed by atoms with Crippen LogP contribution in [0.5, 0.6) is 5.75 Å². The Labute approximate surface area is 288 Å². The first-order chi connectivity index (χ1) is 22.5. The molecule has 3 aromatic heterocycles. The number of benzene rings is 5. The number of phenolic OH excluding ortho intramolecular Hbond substituents is 1. The number of aromatic hydroxyl groups is 1. The minimum atomic E-state index is 0. The minimum absolute atomic E-state index is 0. The van der Waals surface area contributed by atoms with Crippen molar-refractivity contribution in [2.24, 2.45) is 0 Å². The van der Waals surface area contributed by atoms with E-state index >= 15 is 0 Å². The zero-order chi connectivity index (χ0) is 31.2. The van der Waals surface area contributed by atoms with E-state index in [0.29, 0.717) is 11.3 Å². The molecule has 4 nitrogen and oxygen atoms in total. The van der Waals surface area contributed by atoms with Gasteiger partial charge >= 0.3 is 0 Å². The van der Waals surface area contributed by atoms with E-state index < -0.39 is 0 Å². The summed E-state index contributed by atoms with van der Waals surface area (Å²) in [6.07, 6.45) is 1.83. The minimum Gasteiger partial charge on any atom is -0.507 e. The van der Waals surface area contributed by atoms with Gasteiger partial charge in [0.15, 0.2) is 0 Å². The molecule has 0 fully saturated rings. The molecule has 0 unspecified atom stereocenters. The van der Waals surface area contributed by atoms with Gasteiger partial charge in [-0.3, -0.25) is 4.98 Å². The molecule has 5 aromatic carbocycles. The number of hydrogen-bond acceptors (Lipinski definition) is 3. The van der Waals surface area contributed by atoms with Crippen molar-refractivity contribution in [1.82, 2.24) is 14.5 Å². The van der Waals surface area contributed by atoms with Crippen LogP contribution in [0, 0.1) is 19.9 Å². The Bertz CT molecular complexity index is 2340. The molecule has 0 radical (unpaired) electrons. The third-order valence-electron chi connectivity index (χ3n) is 8.70. The van der Waals surface area contributed by atoms with Crippen molar-refractivity contribution in [2.75, 3.05) is 0 Å². The maximum Gasteiger partial charge on any atom is 0.144 e.